The minimum Gasteiger partial charge on any atom is -0.390 e. The van der Waals surface area contributed by atoms with Crippen molar-refractivity contribution in [2.75, 3.05) is 0 Å². The molecule has 1 nitrogen and oxygen atoms in total. The van der Waals surface area contributed by atoms with Crippen LogP contribution in [0.3, 0.4) is 0 Å². The standard InChI is InChI=1S/C9H18O/c1-7(2)8-5-4-6-9(8,3)10/h7-8,10H,4-6H2,1-3H3/t8?,9-/m0/s1. The summed E-state index contributed by atoms with van der Waals surface area (Å²) in [6.07, 6.45) is 3.41. The second-order valence-corrected chi connectivity index (χ2v) is 4.10. The van der Waals surface area contributed by atoms with E-state index in [-0.39, 0.29) is 5.60 Å². The molecule has 0 spiro atoms. The molecule has 60 valence electrons. The molecule has 1 heteroatoms. The highest BCUT2D eigenvalue weighted by atomic mass is 16.3. The summed E-state index contributed by atoms with van der Waals surface area (Å²) < 4.78 is 0. The van der Waals surface area contributed by atoms with Gasteiger partial charge in [0.2, 0.25) is 0 Å². The van der Waals surface area contributed by atoms with E-state index < -0.39 is 0 Å². The molecule has 10 heavy (non-hydrogen) atoms. The Morgan fingerprint density at radius 2 is 2.10 bits per heavy atom. The van der Waals surface area contributed by atoms with E-state index >= 15 is 0 Å². The minimum atomic E-state index is -0.367. The summed E-state index contributed by atoms with van der Waals surface area (Å²) in [5, 5.41) is 9.82. The van der Waals surface area contributed by atoms with Gasteiger partial charge in [0.25, 0.3) is 0 Å². The molecular formula is C9H18O. The van der Waals surface area contributed by atoms with E-state index in [1.54, 1.807) is 0 Å². The molecule has 1 fully saturated rings. The van der Waals surface area contributed by atoms with Crippen LogP contribution in [0.5, 0.6) is 0 Å². The highest BCUT2D eigenvalue weighted by Gasteiger charge is 2.37. The van der Waals surface area contributed by atoms with Gasteiger partial charge in [0.15, 0.2) is 0 Å². The first-order chi connectivity index (χ1) is 4.54. The van der Waals surface area contributed by atoms with Gasteiger partial charge in [0.1, 0.15) is 0 Å². The zero-order valence-electron chi connectivity index (χ0n) is 7.22. The average molecular weight is 142 g/mol. The summed E-state index contributed by atoms with van der Waals surface area (Å²) >= 11 is 0. The predicted molar refractivity (Wildman–Crippen MR) is 42.8 cm³/mol. The van der Waals surface area contributed by atoms with Gasteiger partial charge in [-0.2, -0.15) is 0 Å². The van der Waals surface area contributed by atoms with Gasteiger partial charge in [0, 0.05) is 0 Å². The van der Waals surface area contributed by atoms with Crippen molar-refractivity contribution >= 4 is 0 Å². The molecule has 0 aromatic carbocycles. The minimum absolute atomic E-state index is 0.367. The van der Waals surface area contributed by atoms with Crippen LogP contribution in [0.15, 0.2) is 0 Å². The van der Waals surface area contributed by atoms with Gasteiger partial charge in [-0.3, -0.25) is 0 Å². The van der Waals surface area contributed by atoms with Crippen LogP contribution in [0.4, 0.5) is 0 Å². The molecule has 0 heterocycles. The molecule has 2 atom stereocenters. The molecule has 0 amide bonds. The third-order valence-electron chi connectivity index (χ3n) is 2.80. The van der Waals surface area contributed by atoms with Gasteiger partial charge in [0.05, 0.1) is 5.60 Å². The SMILES string of the molecule is CC(C)C1CCC[C@]1(C)O. The fourth-order valence-corrected chi connectivity index (χ4v) is 2.23. The maximum absolute atomic E-state index is 9.82. The van der Waals surface area contributed by atoms with E-state index in [1.807, 2.05) is 6.92 Å². The monoisotopic (exact) mass is 142 g/mol. The van der Waals surface area contributed by atoms with E-state index in [0.29, 0.717) is 11.8 Å². The zero-order valence-corrected chi connectivity index (χ0v) is 7.22. The van der Waals surface area contributed by atoms with Gasteiger partial charge < -0.3 is 5.11 Å². The quantitative estimate of drug-likeness (QED) is 0.595. The molecule has 1 aliphatic carbocycles. The lowest BCUT2D eigenvalue weighted by atomic mass is 9.84. The number of rotatable bonds is 1. The Morgan fingerprint density at radius 3 is 2.30 bits per heavy atom. The molecular weight excluding hydrogens is 124 g/mol. The normalized spacial score (nSPS) is 41.1. The van der Waals surface area contributed by atoms with Crippen molar-refractivity contribution in [3.8, 4) is 0 Å². The first kappa shape index (κ1) is 8.06. The van der Waals surface area contributed by atoms with Crippen LogP contribution in [-0.4, -0.2) is 10.7 Å². The van der Waals surface area contributed by atoms with Gasteiger partial charge in [-0.05, 0) is 31.6 Å². The van der Waals surface area contributed by atoms with Gasteiger partial charge in [-0.25, -0.2) is 0 Å². The second-order valence-electron chi connectivity index (χ2n) is 4.10. The van der Waals surface area contributed by atoms with Crippen molar-refractivity contribution in [1.29, 1.82) is 0 Å². The summed E-state index contributed by atoms with van der Waals surface area (Å²) in [6, 6.07) is 0. The van der Waals surface area contributed by atoms with Crippen molar-refractivity contribution in [2.24, 2.45) is 11.8 Å². The molecule has 1 unspecified atom stereocenters. The first-order valence-electron chi connectivity index (χ1n) is 4.26. The van der Waals surface area contributed by atoms with Crippen LogP contribution < -0.4 is 0 Å². The van der Waals surface area contributed by atoms with Crippen LogP contribution in [0.2, 0.25) is 0 Å². The van der Waals surface area contributed by atoms with E-state index in [9.17, 15) is 5.11 Å². The Morgan fingerprint density at radius 1 is 1.50 bits per heavy atom. The largest absolute Gasteiger partial charge is 0.390 e. The third kappa shape index (κ3) is 1.34. The van der Waals surface area contributed by atoms with E-state index in [0.717, 1.165) is 6.42 Å². The van der Waals surface area contributed by atoms with Crippen LogP contribution in [-0.2, 0) is 0 Å². The van der Waals surface area contributed by atoms with Crippen LogP contribution in [0.25, 0.3) is 0 Å². The van der Waals surface area contributed by atoms with Gasteiger partial charge in [-0.1, -0.05) is 20.3 Å². The number of aliphatic hydroxyl groups is 1. The topological polar surface area (TPSA) is 20.2 Å². The number of hydrogen-bond acceptors (Lipinski definition) is 1. The molecule has 1 aliphatic rings. The summed E-state index contributed by atoms with van der Waals surface area (Å²) in [5.41, 5.74) is -0.367. The van der Waals surface area contributed by atoms with Crippen molar-refractivity contribution in [3.05, 3.63) is 0 Å². The molecule has 0 bridgehead atoms. The van der Waals surface area contributed by atoms with Crippen LogP contribution in [0, 0.1) is 11.8 Å². The molecule has 0 aromatic heterocycles. The lowest BCUT2D eigenvalue weighted by molar-refractivity contribution is 0.00296. The maximum Gasteiger partial charge on any atom is 0.0650 e. The van der Waals surface area contributed by atoms with Crippen molar-refractivity contribution < 1.29 is 5.11 Å². The number of hydrogen-bond donors (Lipinski definition) is 1. The van der Waals surface area contributed by atoms with Crippen LogP contribution in [0.1, 0.15) is 40.0 Å². The van der Waals surface area contributed by atoms with Gasteiger partial charge in [-0.15, -0.1) is 0 Å². The summed E-state index contributed by atoms with van der Waals surface area (Å²) in [5.74, 6) is 1.17. The lowest BCUT2D eigenvalue weighted by Crippen LogP contribution is -2.32. The van der Waals surface area contributed by atoms with Crippen molar-refractivity contribution in [1.82, 2.24) is 0 Å². The molecule has 1 rings (SSSR count). The van der Waals surface area contributed by atoms with E-state index in [4.69, 9.17) is 0 Å². The molecule has 1 N–H and O–H groups in total. The second kappa shape index (κ2) is 2.54. The molecule has 0 radical (unpaired) electrons. The predicted octanol–water partition coefficient (Wildman–Crippen LogP) is 2.19. The first-order valence-corrected chi connectivity index (χ1v) is 4.26. The lowest BCUT2D eigenvalue weighted by Gasteiger charge is -2.28. The average Bonchev–Trinajstić information content (AvgIpc) is 2.08. The molecule has 0 saturated heterocycles. The Balaban J connectivity index is 2.59. The molecule has 1 saturated carbocycles. The zero-order chi connectivity index (χ0) is 7.78. The van der Waals surface area contributed by atoms with E-state index in [2.05, 4.69) is 13.8 Å². The molecule has 0 aliphatic heterocycles. The highest BCUT2D eigenvalue weighted by molar-refractivity contribution is 4.89. The fraction of sp³-hybridized carbons (Fsp3) is 1.00. The van der Waals surface area contributed by atoms with Crippen molar-refractivity contribution in [3.63, 3.8) is 0 Å². The van der Waals surface area contributed by atoms with E-state index in [1.165, 1.54) is 12.8 Å². The smallest absolute Gasteiger partial charge is 0.0650 e. The Labute approximate surface area is 63.4 Å². The summed E-state index contributed by atoms with van der Waals surface area (Å²) in [4.78, 5) is 0. The Hall–Kier alpha value is -0.0400. The summed E-state index contributed by atoms with van der Waals surface area (Å²) in [7, 11) is 0. The van der Waals surface area contributed by atoms with Gasteiger partial charge >= 0.3 is 0 Å². The highest BCUT2D eigenvalue weighted by Crippen LogP contribution is 2.39. The Kier molecular flexibility index (Phi) is 2.04. The Bertz CT molecular complexity index is 116. The maximum atomic E-state index is 9.82. The summed E-state index contributed by atoms with van der Waals surface area (Å²) in [6.45, 7) is 6.37. The van der Waals surface area contributed by atoms with Crippen LogP contribution >= 0.6 is 0 Å². The third-order valence-corrected chi connectivity index (χ3v) is 2.80. The fourth-order valence-electron chi connectivity index (χ4n) is 2.23. The molecule has 0 aromatic rings. The van der Waals surface area contributed by atoms with Crippen molar-refractivity contribution in [2.45, 2.75) is 45.6 Å².